The van der Waals surface area contributed by atoms with Gasteiger partial charge in [0.15, 0.2) is 0 Å². The molecule has 4 rings (SSSR count). The lowest BCUT2D eigenvalue weighted by atomic mass is 9.73. The van der Waals surface area contributed by atoms with Crippen molar-refractivity contribution in [2.75, 3.05) is 13.1 Å². The minimum Gasteiger partial charge on any atom is -0.340 e. The van der Waals surface area contributed by atoms with Gasteiger partial charge in [-0.05, 0) is 24.7 Å². The minimum absolute atomic E-state index is 0.214. The number of rotatable bonds is 1. The van der Waals surface area contributed by atoms with Crippen LogP contribution >= 0.6 is 0 Å². The molecule has 3 heterocycles. The molecule has 2 fully saturated rings. The number of amides is 1. The van der Waals surface area contributed by atoms with E-state index in [1.807, 2.05) is 0 Å². The first-order chi connectivity index (χ1) is 10.3. The van der Waals surface area contributed by atoms with E-state index in [-0.39, 0.29) is 11.9 Å². The van der Waals surface area contributed by atoms with Gasteiger partial charge in [-0.15, -0.1) is 0 Å². The summed E-state index contributed by atoms with van der Waals surface area (Å²) in [6.45, 7) is 2.54. The van der Waals surface area contributed by atoms with Gasteiger partial charge in [0.1, 0.15) is 12.4 Å². The Kier molecular flexibility index (Phi) is 3.17. The third kappa shape index (κ3) is 2.24. The minimum atomic E-state index is -0.236. The highest BCUT2D eigenvalue weighted by Crippen LogP contribution is 2.44. The average molecular weight is 286 g/mol. The molecule has 0 aromatic carbocycles. The van der Waals surface area contributed by atoms with E-state index >= 15 is 0 Å². The van der Waals surface area contributed by atoms with Gasteiger partial charge in [-0.2, -0.15) is 0 Å². The lowest BCUT2D eigenvalue weighted by Crippen LogP contribution is -2.39. The number of hydrogen-bond donors (Lipinski definition) is 1. The molecule has 1 aliphatic carbocycles. The fourth-order valence-electron chi connectivity index (χ4n) is 4.30. The largest absolute Gasteiger partial charge is 0.340 e. The maximum atomic E-state index is 12.8. The third-order valence-corrected chi connectivity index (χ3v) is 5.52. The fourth-order valence-corrected chi connectivity index (χ4v) is 4.30. The molecule has 1 atom stereocenters. The molecule has 2 aliphatic heterocycles. The van der Waals surface area contributed by atoms with Crippen molar-refractivity contribution in [1.82, 2.24) is 20.2 Å². The summed E-state index contributed by atoms with van der Waals surface area (Å²) in [6, 6.07) is -0.236. The maximum Gasteiger partial charge on any atom is 0.244 e. The topological polar surface area (TPSA) is 58.1 Å². The summed E-state index contributed by atoms with van der Waals surface area (Å²) in [5.41, 5.74) is 2.35. The van der Waals surface area contributed by atoms with Crippen molar-refractivity contribution >= 4 is 5.91 Å². The predicted molar refractivity (Wildman–Crippen MR) is 78.3 cm³/mol. The zero-order valence-electron chi connectivity index (χ0n) is 12.3. The summed E-state index contributed by atoms with van der Waals surface area (Å²) in [7, 11) is 0. The SMILES string of the molecule is O=C(C1NCc2ncncc21)N1CCC2(CCCCC2)C1. The molecule has 3 aliphatic rings. The first-order valence-electron chi connectivity index (χ1n) is 8.08. The quantitative estimate of drug-likeness (QED) is 0.855. The van der Waals surface area contributed by atoms with Crippen LogP contribution in [0.3, 0.4) is 0 Å². The van der Waals surface area contributed by atoms with Gasteiger partial charge in [-0.3, -0.25) is 10.1 Å². The van der Waals surface area contributed by atoms with Crippen molar-refractivity contribution in [2.45, 2.75) is 51.1 Å². The Hall–Kier alpha value is -1.49. The molecule has 1 saturated heterocycles. The second-order valence-corrected chi connectivity index (χ2v) is 6.81. The predicted octanol–water partition coefficient (Wildman–Crippen LogP) is 1.80. The Morgan fingerprint density at radius 1 is 1.29 bits per heavy atom. The van der Waals surface area contributed by atoms with E-state index in [0.29, 0.717) is 12.0 Å². The normalized spacial score (nSPS) is 27.0. The number of fused-ring (bicyclic) bond motifs is 1. The van der Waals surface area contributed by atoms with Gasteiger partial charge in [0.05, 0.1) is 5.69 Å². The van der Waals surface area contributed by atoms with Gasteiger partial charge < -0.3 is 4.90 Å². The van der Waals surface area contributed by atoms with Crippen molar-refractivity contribution in [1.29, 1.82) is 0 Å². The first kappa shape index (κ1) is 13.2. The molecule has 5 heteroatoms. The van der Waals surface area contributed by atoms with Crippen molar-refractivity contribution in [3.05, 3.63) is 23.8 Å². The van der Waals surface area contributed by atoms with Gasteiger partial charge in [-0.25, -0.2) is 9.97 Å². The van der Waals surface area contributed by atoms with E-state index in [4.69, 9.17) is 0 Å². The van der Waals surface area contributed by atoms with Crippen molar-refractivity contribution in [2.24, 2.45) is 5.41 Å². The third-order valence-electron chi connectivity index (χ3n) is 5.52. The smallest absolute Gasteiger partial charge is 0.244 e. The van der Waals surface area contributed by atoms with Gasteiger partial charge in [0, 0.05) is 31.4 Å². The molecular formula is C16H22N4O. The fraction of sp³-hybridized carbons (Fsp3) is 0.688. The summed E-state index contributed by atoms with van der Waals surface area (Å²) in [6.07, 6.45) is 11.2. The van der Waals surface area contributed by atoms with Crippen LogP contribution < -0.4 is 5.32 Å². The zero-order valence-corrected chi connectivity index (χ0v) is 12.3. The molecule has 0 radical (unpaired) electrons. The van der Waals surface area contributed by atoms with Crippen LogP contribution in [0, 0.1) is 5.41 Å². The van der Waals surface area contributed by atoms with Crippen molar-refractivity contribution in [3.63, 3.8) is 0 Å². The van der Waals surface area contributed by atoms with Gasteiger partial charge in [-0.1, -0.05) is 19.3 Å². The highest BCUT2D eigenvalue weighted by Gasteiger charge is 2.43. The number of likely N-dealkylation sites (tertiary alicyclic amines) is 1. The van der Waals surface area contributed by atoms with E-state index in [2.05, 4.69) is 20.2 Å². The Morgan fingerprint density at radius 2 is 2.14 bits per heavy atom. The number of aromatic nitrogens is 2. The second kappa shape index (κ2) is 5.05. The molecule has 1 saturated carbocycles. The summed E-state index contributed by atoms with van der Waals surface area (Å²) in [5.74, 6) is 0.214. The average Bonchev–Trinajstić information content (AvgIpc) is 3.12. The van der Waals surface area contributed by atoms with E-state index in [9.17, 15) is 4.79 Å². The van der Waals surface area contributed by atoms with Gasteiger partial charge >= 0.3 is 0 Å². The summed E-state index contributed by atoms with van der Waals surface area (Å²) < 4.78 is 0. The number of carbonyl (C=O) groups is 1. The van der Waals surface area contributed by atoms with Crippen molar-refractivity contribution in [3.8, 4) is 0 Å². The molecule has 1 spiro atoms. The van der Waals surface area contributed by atoms with Crippen LogP contribution in [0.4, 0.5) is 0 Å². The van der Waals surface area contributed by atoms with E-state index in [1.54, 1.807) is 12.5 Å². The number of nitrogens with zero attached hydrogens (tertiary/aromatic N) is 3. The molecule has 112 valence electrons. The summed E-state index contributed by atoms with van der Waals surface area (Å²) in [4.78, 5) is 23.3. The van der Waals surface area contributed by atoms with Gasteiger partial charge in [0.2, 0.25) is 5.91 Å². The summed E-state index contributed by atoms with van der Waals surface area (Å²) >= 11 is 0. The van der Waals surface area contributed by atoms with Gasteiger partial charge in [0.25, 0.3) is 0 Å². The highest BCUT2D eigenvalue weighted by atomic mass is 16.2. The monoisotopic (exact) mass is 286 g/mol. The molecule has 5 nitrogen and oxygen atoms in total. The molecule has 1 N–H and O–H groups in total. The lowest BCUT2D eigenvalue weighted by molar-refractivity contribution is -0.132. The van der Waals surface area contributed by atoms with Crippen LogP contribution in [-0.2, 0) is 11.3 Å². The Balaban J connectivity index is 1.49. The van der Waals surface area contributed by atoms with Crippen LogP contribution in [0.25, 0.3) is 0 Å². The second-order valence-electron chi connectivity index (χ2n) is 6.81. The van der Waals surface area contributed by atoms with Crippen molar-refractivity contribution < 1.29 is 4.79 Å². The molecule has 1 unspecified atom stereocenters. The van der Waals surface area contributed by atoms with E-state index < -0.39 is 0 Å². The molecule has 0 bridgehead atoms. The molecule has 1 aromatic heterocycles. The van der Waals surface area contributed by atoms with E-state index in [0.717, 1.165) is 24.3 Å². The van der Waals surface area contributed by atoms with Crippen LogP contribution in [0.1, 0.15) is 55.8 Å². The molecule has 1 amide bonds. The molecular weight excluding hydrogens is 264 g/mol. The Morgan fingerprint density at radius 3 is 3.00 bits per heavy atom. The molecule has 1 aromatic rings. The Bertz CT molecular complexity index is 553. The van der Waals surface area contributed by atoms with Crippen LogP contribution in [0.5, 0.6) is 0 Å². The standard InChI is InChI=1S/C16H22N4O/c21-15(14-12-8-17-11-19-13(12)9-18-14)20-7-6-16(10-20)4-2-1-3-5-16/h8,11,14,18H,1-7,9-10H2. The first-order valence-corrected chi connectivity index (χ1v) is 8.08. The molecule has 21 heavy (non-hydrogen) atoms. The number of carbonyl (C=O) groups excluding carboxylic acids is 1. The summed E-state index contributed by atoms with van der Waals surface area (Å²) in [5, 5.41) is 3.30. The maximum absolute atomic E-state index is 12.8. The zero-order chi connectivity index (χ0) is 14.3. The number of hydrogen-bond acceptors (Lipinski definition) is 4. The Labute approximate surface area is 125 Å². The van der Waals surface area contributed by atoms with Crippen LogP contribution in [-0.4, -0.2) is 33.9 Å². The van der Waals surface area contributed by atoms with E-state index in [1.165, 1.54) is 38.5 Å². The number of nitrogens with one attached hydrogen (secondary N) is 1. The highest BCUT2D eigenvalue weighted by molar-refractivity contribution is 5.84. The van der Waals surface area contributed by atoms with Crippen LogP contribution in [0.15, 0.2) is 12.5 Å². The van der Waals surface area contributed by atoms with Crippen LogP contribution in [0.2, 0.25) is 0 Å². The lowest BCUT2D eigenvalue weighted by Gasteiger charge is -2.33.